The van der Waals surface area contributed by atoms with Gasteiger partial charge in [-0.2, -0.15) is 0 Å². The van der Waals surface area contributed by atoms with Crippen molar-refractivity contribution >= 4 is 33.9 Å². The highest BCUT2D eigenvalue weighted by Gasteiger charge is 2.21. The van der Waals surface area contributed by atoms with E-state index in [0.717, 1.165) is 63.4 Å². The Morgan fingerprint density at radius 1 is 0.550 bits per heavy atom. The number of hydrogen-bond donors (Lipinski definition) is 0. The van der Waals surface area contributed by atoms with Crippen molar-refractivity contribution in [2.75, 3.05) is 13.2 Å². The van der Waals surface area contributed by atoms with E-state index in [1.807, 2.05) is 42.5 Å². The van der Waals surface area contributed by atoms with Gasteiger partial charge in [0.05, 0.1) is 13.2 Å². The van der Waals surface area contributed by atoms with Crippen molar-refractivity contribution in [3.63, 3.8) is 0 Å². The molecule has 0 aliphatic carbocycles. The molecule has 0 aliphatic heterocycles. The van der Waals surface area contributed by atoms with Crippen LogP contribution >= 0.6 is 0 Å². The van der Waals surface area contributed by atoms with Gasteiger partial charge < -0.3 is 18.9 Å². The van der Waals surface area contributed by atoms with Gasteiger partial charge in [-0.1, -0.05) is 115 Å². The number of ether oxygens (including phenoxy) is 4. The molecule has 0 saturated carbocycles. The number of rotatable bonds is 17. The summed E-state index contributed by atoms with van der Waals surface area (Å²) in [4.78, 5) is 25.5. The first-order valence-electron chi connectivity index (χ1n) is 15.3. The first-order chi connectivity index (χ1) is 19.6. The van der Waals surface area contributed by atoms with Gasteiger partial charge in [0.15, 0.2) is 0 Å². The fraction of sp³-hybridized carbons (Fsp3) is 0.529. The number of carbonyl (C=O) groups excluding carboxylic acids is 2. The van der Waals surface area contributed by atoms with E-state index in [1.165, 1.54) is 25.7 Å². The van der Waals surface area contributed by atoms with Gasteiger partial charge >= 0.3 is 12.3 Å². The van der Waals surface area contributed by atoms with Crippen molar-refractivity contribution in [3.8, 4) is 11.5 Å². The second-order valence-electron chi connectivity index (χ2n) is 10.4. The quantitative estimate of drug-likeness (QED) is 0.0720. The number of carbonyl (C=O) groups is 2. The Bertz CT molecular complexity index is 1220. The lowest BCUT2D eigenvalue weighted by Gasteiger charge is -2.17. The fourth-order valence-corrected chi connectivity index (χ4v) is 4.85. The minimum atomic E-state index is -0.729. The highest BCUT2D eigenvalue weighted by molar-refractivity contribution is 6.12. The standard InChI is InChI=1S/C34H46O6/c1-4-7-10-12-16-23-37-33(35)39-31-27-19-14-15-20-28(27)32(40-34(36)38-24-17-13-11-8-5-2)30-25-26(18-9-6-3)21-22-29(30)31/h14-15,19-22,25H,4-13,16-18,23-24H2,1-3H3. The molecule has 0 saturated heterocycles. The number of benzene rings is 3. The maximum Gasteiger partial charge on any atom is 0.513 e. The van der Waals surface area contributed by atoms with E-state index in [-0.39, 0.29) is 0 Å². The molecule has 0 fully saturated rings. The van der Waals surface area contributed by atoms with Gasteiger partial charge in [-0.05, 0) is 37.3 Å². The zero-order chi connectivity index (χ0) is 28.6. The Morgan fingerprint density at radius 3 is 1.55 bits per heavy atom. The zero-order valence-electron chi connectivity index (χ0n) is 24.6. The molecule has 0 spiro atoms. The largest absolute Gasteiger partial charge is 0.513 e. The van der Waals surface area contributed by atoms with Gasteiger partial charge in [-0.15, -0.1) is 0 Å². The SMILES string of the molecule is CCCCCCCOC(=O)Oc1c2ccccc2c(OC(=O)OCCCCCCC)c2cc(CCCC)ccc12. The summed E-state index contributed by atoms with van der Waals surface area (Å²) in [6.07, 6.45) is 12.2. The predicted octanol–water partition coefficient (Wildman–Crippen LogP) is 10.3. The van der Waals surface area contributed by atoms with Crippen LogP contribution in [0, 0.1) is 0 Å². The maximum absolute atomic E-state index is 12.8. The van der Waals surface area contributed by atoms with Crippen LogP contribution in [0.1, 0.15) is 103 Å². The van der Waals surface area contributed by atoms with Crippen LogP contribution in [0.2, 0.25) is 0 Å². The smallest absolute Gasteiger partial charge is 0.434 e. The number of unbranched alkanes of at least 4 members (excludes halogenated alkanes) is 9. The van der Waals surface area contributed by atoms with Gasteiger partial charge in [0, 0.05) is 21.5 Å². The van der Waals surface area contributed by atoms with Crippen molar-refractivity contribution in [1.29, 1.82) is 0 Å². The lowest BCUT2D eigenvalue weighted by molar-refractivity contribution is 0.0965. The molecule has 40 heavy (non-hydrogen) atoms. The van der Waals surface area contributed by atoms with Crippen LogP contribution < -0.4 is 9.47 Å². The molecule has 0 unspecified atom stereocenters. The van der Waals surface area contributed by atoms with Crippen LogP contribution in [-0.2, 0) is 15.9 Å². The van der Waals surface area contributed by atoms with Crippen LogP contribution in [0.4, 0.5) is 9.59 Å². The van der Waals surface area contributed by atoms with E-state index in [4.69, 9.17) is 18.9 Å². The van der Waals surface area contributed by atoms with Crippen molar-refractivity contribution in [1.82, 2.24) is 0 Å². The second kappa shape index (κ2) is 17.4. The third-order valence-corrected chi connectivity index (χ3v) is 7.11. The first-order valence-corrected chi connectivity index (χ1v) is 15.3. The van der Waals surface area contributed by atoms with Gasteiger partial charge in [-0.3, -0.25) is 0 Å². The van der Waals surface area contributed by atoms with E-state index >= 15 is 0 Å². The van der Waals surface area contributed by atoms with Crippen LogP contribution in [0.5, 0.6) is 11.5 Å². The van der Waals surface area contributed by atoms with Gasteiger partial charge in [0.1, 0.15) is 11.5 Å². The summed E-state index contributed by atoms with van der Waals surface area (Å²) in [5.41, 5.74) is 1.12. The minimum absolute atomic E-state index is 0.324. The molecule has 218 valence electrons. The summed E-state index contributed by atoms with van der Waals surface area (Å²) >= 11 is 0. The van der Waals surface area contributed by atoms with E-state index in [9.17, 15) is 9.59 Å². The van der Waals surface area contributed by atoms with E-state index in [0.29, 0.717) is 46.3 Å². The van der Waals surface area contributed by atoms with Gasteiger partial charge in [-0.25, -0.2) is 9.59 Å². The Balaban J connectivity index is 1.87. The molecule has 0 radical (unpaired) electrons. The predicted molar refractivity (Wildman–Crippen MR) is 162 cm³/mol. The molecule has 0 N–H and O–H groups in total. The molecule has 0 atom stereocenters. The third-order valence-electron chi connectivity index (χ3n) is 7.11. The Labute approximate surface area is 239 Å². The molecule has 3 aromatic rings. The summed E-state index contributed by atoms with van der Waals surface area (Å²) < 4.78 is 22.5. The molecular formula is C34H46O6. The summed E-state index contributed by atoms with van der Waals surface area (Å²) in [5.74, 6) is 0.817. The molecule has 6 nitrogen and oxygen atoms in total. The summed E-state index contributed by atoms with van der Waals surface area (Å²) in [7, 11) is 0. The minimum Gasteiger partial charge on any atom is -0.434 e. The van der Waals surface area contributed by atoms with E-state index < -0.39 is 12.3 Å². The van der Waals surface area contributed by atoms with Crippen molar-refractivity contribution in [2.24, 2.45) is 0 Å². The summed E-state index contributed by atoms with van der Waals surface area (Å²) in [6, 6.07) is 13.5. The maximum atomic E-state index is 12.8. The first kappa shape index (κ1) is 31.3. The molecule has 6 heteroatoms. The molecule has 3 aromatic carbocycles. The fourth-order valence-electron chi connectivity index (χ4n) is 4.85. The molecule has 0 aromatic heterocycles. The molecule has 0 bridgehead atoms. The van der Waals surface area contributed by atoms with Crippen LogP contribution in [0.3, 0.4) is 0 Å². The van der Waals surface area contributed by atoms with Crippen LogP contribution in [0.15, 0.2) is 42.5 Å². The van der Waals surface area contributed by atoms with Gasteiger partial charge in [0.25, 0.3) is 0 Å². The lowest BCUT2D eigenvalue weighted by Crippen LogP contribution is -2.14. The van der Waals surface area contributed by atoms with Crippen molar-refractivity contribution < 1.29 is 28.5 Å². The molecule has 0 amide bonds. The highest BCUT2D eigenvalue weighted by Crippen LogP contribution is 2.43. The number of fused-ring (bicyclic) bond motifs is 2. The molecule has 0 heterocycles. The average Bonchev–Trinajstić information content (AvgIpc) is 2.97. The van der Waals surface area contributed by atoms with Crippen molar-refractivity contribution in [2.45, 2.75) is 104 Å². The number of aryl methyl sites for hydroxylation is 1. The highest BCUT2D eigenvalue weighted by atomic mass is 16.7. The molecule has 3 rings (SSSR count). The summed E-state index contributed by atoms with van der Waals surface area (Å²) in [6.45, 7) is 7.15. The Hall–Kier alpha value is -3.28. The average molecular weight is 551 g/mol. The normalized spacial score (nSPS) is 11.1. The van der Waals surface area contributed by atoms with E-state index in [2.05, 4.69) is 20.8 Å². The van der Waals surface area contributed by atoms with Crippen LogP contribution in [0.25, 0.3) is 21.5 Å². The van der Waals surface area contributed by atoms with Gasteiger partial charge in [0.2, 0.25) is 0 Å². The lowest BCUT2D eigenvalue weighted by atomic mass is 9.97. The number of hydrogen-bond acceptors (Lipinski definition) is 6. The van der Waals surface area contributed by atoms with E-state index in [1.54, 1.807) is 0 Å². The topological polar surface area (TPSA) is 71.1 Å². The van der Waals surface area contributed by atoms with Crippen LogP contribution in [-0.4, -0.2) is 25.5 Å². The third kappa shape index (κ3) is 9.42. The second-order valence-corrected chi connectivity index (χ2v) is 10.4. The summed E-state index contributed by atoms with van der Waals surface area (Å²) in [5, 5.41) is 2.72. The Morgan fingerprint density at radius 2 is 1.02 bits per heavy atom. The molecule has 0 aliphatic rings. The Kier molecular flexibility index (Phi) is 13.6. The monoisotopic (exact) mass is 550 g/mol. The molecular weight excluding hydrogens is 504 g/mol. The van der Waals surface area contributed by atoms with Crippen molar-refractivity contribution in [3.05, 3.63) is 48.0 Å². The zero-order valence-corrected chi connectivity index (χ0v) is 24.6.